The van der Waals surface area contributed by atoms with Crippen molar-refractivity contribution in [1.82, 2.24) is 0 Å². The van der Waals surface area contributed by atoms with Crippen LogP contribution in [0, 0.1) is 46.8 Å². The Bertz CT molecular complexity index is 986. The number of hydrogen-bond donors (Lipinski definition) is 0. The van der Waals surface area contributed by atoms with Crippen molar-refractivity contribution in [2.24, 2.45) is 46.8 Å². The van der Waals surface area contributed by atoms with E-state index >= 15 is 0 Å². The fourth-order valence-corrected chi connectivity index (χ4v) is 10.8. The molecule has 0 radical (unpaired) electrons. The summed E-state index contributed by atoms with van der Waals surface area (Å²) in [5, 5.41) is 0. The molecule has 162 valence electrons. The van der Waals surface area contributed by atoms with Crippen LogP contribution in [0.4, 0.5) is 0 Å². The minimum atomic E-state index is 0.189. The molecular weight excluding hydrogens is 376 g/mol. The second-order valence-corrected chi connectivity index (χ2v) is 12.6. The van der Waals surface area contributed by atoms with E-state index in [9.17, 15) is 0 Å². The topological polar surface area (TPSA) is 9.23 Å². The summed E-state index contributed by atoms with van der Waals surface area (Å²) in [6.45, 7) is 0. The number of benzene rings is 1. The third-order valence-corrected chi connectivity index (χ3v) is 11.1. The molecule has 0 amide bonds. The van der Waals surface area contributed by atoms with Crippen LogP contribution in [0.3, 0.4) is 0 Å². The molecule has 1 aromatic rings. The highest BCUT2D eigenvalue weighted by atomic mass is 16.5. The number of allylic oxidation sites excluding steroid dienone is 2. The minimum absolute atomic E-state index is 0.189. The Morgan fingerprint density at radius 2 is 1.29 bits per heavy atom. The smallest absolute Gasteiger partial charge is 0.0708 e. The van der Waals surface area contributed by atoms with Gasteiger partial charge in [-0.25, -0.2) is 0 Å². The average molecular weight is 413 g/mol. The molecule has 1 aromatic carbocycles. The largest absolute Gasteiger partial charge is 0.380 e. The quantitative estimate of drug-likeness (QED) is 0.506. The summed E-state index contributed by atoms with van der Waals surface area (Å²) in [5.41, 5.74) is 9.26. The summed E-state index contributed by atoms with van der Waals surface area (Å²) in [6, 6.07) is 11.7. The van der Waals surface area contributed by atoms with E-state index < -0.39 is 0 Å². The average Bonchev–Trinajstić information content (AvgIpc) is 2.85. The SMILES string of the molecule is CO[C@H]1C[C@H]2C[C@@H]3C[C@H](C2)C2=C4C(=C(c5ccccc5)[C@@]21C3)C1C[C@@H]2CC4C[C@H](C1)C2. The van der Waals surface area contributed by atoms with E-state index in [1.807, 2.05) is 23.8 Å². The van der Waals surface area contributed by atoms with Crippen LogP contribution in [-0.2, 0) is 4.74 Å². The molecule has 8 fully saturated rings. The van der Waals surface area contributed by atoms with E-state index in [1.54, 1.807) is 5.57 Å². The van der Waals surface area contributed by atoms with Gasteiger partial charge in [0.25, 0.3) is 0 Å². The molecule has 2 unspecified atom stereocenters. The van der Waals surface area contributed by atoms with Crippen LogP contribution < -0.4 is 0 Å². The maximum atomic E-state index is 6.53. The molecule has 9 aliphatic carbocycles. The van der Waals surface area contributed by atoms with Gasteiger partial charge in [0.15, 0.2) is 0 Å². The Balaban J connectivity index is 1.47. The summed E-state index contributed by atoms with van der Waals surface area (Å²) >= 11 is 0. The number of hydrogen-bond acceptors (Lipinski definition) is 1. The van der Waals surface area contributed by atoms with E-state index in [-0.39, 0.29) is 5.41 Å². The van der Waals surface area contributed by atoms with Gasteiger partial charge in [0.2, 0.25) is 0 Å². The molecule has 1 nitrogen and oxygen atoms in total. The highest BCUT2D eigenvalue weighted by molar-refractivity contribution is 5.86. The number of rotatable bonds is 2. The molecule has 0 N–H and O–H groups in total. The molecule has 8 bridgehead atoms. The third-order valence-electron chi connectivity index (χ3n) is 11.1. The summed E-state index contributed by atoms with van der Waals surface area (Å²) in [5.74, 6) is 6.34. The molecule has 9 aliphatic rings. The Hall–Kier alpha value is -1.34. The molecular formula is C30H36O. The first-order valence-corrected chi connectivity index (χ1v) is 13.3. The zero-order chi connectivity index (χ0) is 20.3. The molecule has 1 heteroatoms. The second-order valence-electron chi connectivity index (χ2n) is 12.6. The minimum Gasteiger partial charge on any atom is -0.380 e. The monoisotopic (exact) mass is 412 g/mol. The summed E-state index contributed by atoms with van der Waals surface area (Å²) in [4.78, 5) is 0. The van der Waals surface area contributed by atoms with Gasteiger partial charge in [-0.3, -0.25) is 0 Å². The molecule has 0 aliphatic heterocycles. The number of ether oxygens (including phenoxy) is 1. The first-order chi connectivity index (χ1) is 15.2. The first-order valence-electron chi connectivity index (χ1n) is 13.3. The van der Waals surface area contributed by atoms with Crippen LogP contribution in [0.1, 0.15) is 69.8 Å². The van der Waals surface area contributed by atoms with E-state index in [0.717, 1.165) is 41.4 Å². The summed E-state index contributed by atoms with van der Waals surface area (Å²) < 4.78 is 6.53. The normalized spacial score (nSPS) is 48.8. The van der Waals surface area contributed by atoms with Crippen LogP contribution in [0.15, 0.2) is 47.1 Å². The lowest BCUT2D eigenvalue weighted by atomic mass is 9.55. The lowest BCUT2D eigenvalue weighted by Gasteiger charge is -2.50. The van der Waals surface area contributed by atoms with Gasteiger partial charge in [-0.05, 0) is 128 Å². The van der Waals surface area contributed by atoms with Crippen LogP contribution in [0.25, 0.3) is 5.57 Å². The van der Waals surface area contributed by atoms with Gasteiger partial charge in [0.05, 0.1) is 6.10 Å². The molecule has 9 atom stereocenters. The fraction of sp³-hybridized carbons (Fsp3) is 0.667. The van der Waals surface area contributed by atoms with Crippen LogP contribution in [0.5, 0.6) is 0 Å². The highest BCUT2D eigenvalue weighted by Gasteiger charge is 2.63. The van der Waals surface area contributed by atoms with Crippen LogP contribution in [-0.4, -0.2) is 13.2 Å². The van der Waals surface area contributed by atoms with Crippen molar-refractivity contribution < 1.29 is 4.74 Å². The van der Waals surface area contributed by atoms with Crippen molar-refractivity contribution >= 4 is 5.57 Å². The maximum absolute atomic E-state index is 6.53. The van der Waals surface area contributed by atoms with Crippen LogP contribution >= 0.6 is 0 Å². The van der Waals surface area contributed by atoms with Crippen molar-refractivity contribution in [1.29, 1.82) is 0 Å². The zero-order valence-electron chi connectivity index (χ0n) is 19.0. The number of methoxy groups -OCH3 is 1. The van der Waals surface area contributed by atoms with Crippen LogP contribution in [0.2, 0.25) is 0 Å². The highest BCUT2D eigenvalue weighted by Crippen LogP contribution is 2.73. The second kappa shape index (κ2) is 6.16. The molecule has 8 saturated carbocycles. The van der Waals surface area contributed by atoms with E-state index in [4.69, 9.17) is 4.74 Å². The fourth-order valence-electron chi connectivity index (χ4n) is 10.8. The third kappa shape index (κ3) is 2.23. The summed E-state index contributed by atoms with van der Waals surface area (Å²) in [7, 11) is 2.03. The van der Waals surface area contributed by atoms with Gasteiger partial charge in [-0.1, -0.05) is 35.9 Å². The van der Waals surface area contributed by atoms with Gasteiger partial charge in [0.1, 0.15) is 0 Å². The Morgan fingerprint density at radius 1 is 0.677 bits per heavy atom. The van der Waals surface area contributed by atoms with E-state index in [2.05, 4.69) is 30.3 Å². The van der Waals surface area contributed by atoms with Gasteiger partial charge < -0.3 is 4.74 Å². The maximum Gasteiger partial charge on any atom is 0.0708 e. The molecule has 31 heavy (non-hydrogen) atoms. The van der Waals surface area contributed by atoms with Crippen molar-refractivity contribution in [2.75, 3.05) is 7.11 Å². The molecule has 0 saturated heterocycles. The molecule has 1 spiro atoms. The molecule has 0 heterocycles. The lowest BCUT2D eigenvalue weighted by molar-refractivity contribution is 0.0194. The summed E-state index contributed by atoms with van der Waals surface area (Å²) in [6.07, 6.45) is 14.9. The van der Waals surface area contributed by atoms with Crippen molar-refractivity contribution in [2.45, 2.75) is 70.3 Å². The molecule has 10 rings (SSSR count). The standard InChI is InChI=1S/C30H36O/c1-31-25-15-19-8-20-14-24(13-19)29-27-23-11-17-7-18(12-23)10-22(9-17)26(27)28(30(25,29)16-20)21-5-3-2-4-6-21/h2-6,17-20,22-25H,7-16H2,1H3/t17-,18+,19-,20+,22?,23?,24-,25-,30-/m0/s1. The van der Waals surface area contributed by atoms with E-state index in [0.29, 0.717) is 6.10 Å². The zero-order valence-corrected chi connectivity index (χ0v) is 19.0. The predicted molar refractivity (Wildman–Crippen MR) is 124 cm³/mol. The van der Waals surface area contributed by atoms with Gasteiger partial charge in [0, 0.05) is 12.5 Å². The predicted octanol–water partition coefficient (Wildman–Crippen LogP) is 7.05. The van der Waals surface area contributed by atoms with Crippen molar-refractivity contribution in [3.8, 4) is 0 Å². The van der Waals surface area contributed by atoms with Gasteiger partial charge >= 0.3 is 0 Å². The lowest BCUT2D eigenvalue weighted by Crippen LogP contribution is -2.44. The Kier molecular flexibility index (Phi) is 3.60. The van der Waals surface area contributed by atoms with Gasteiger partial charge in [-0.15, -0.1) is 0 Å². The van der Waals surface area contributed by atoms with E-state index in [1.165, 1.54) is 69.8 Å². The van der Waals surface area contributed by atoms with Crippen molar-refractivity contribution in [3.05, 3.63) is 52.6 Å². The Labute approximate surface area is 187 Å². The first kappa shape index (κ1) is 18.1. The van der Waals surface area contributed by atoms with Gasteiger partial charge in [-0.2, -0.15) is 0 Å². The number of fused-ring (bicyclic) bond motifs is 1. The van der Waals surface area contributed by atoms with Crippen molar-refractivity contribution in [3.63, 3.8) is 0 Å². The Morgan fingerprint density at radius 3 is 2.03 bits per heavy atom. The molecule has 0 aromatic heterocycles.